The monoisotopic (exact) mass is 260 g/mol. The zero-order valence-electron chi connectivity index (χ0n) is 13.0. The van der Waals surface area contributed by atoms with Gasteiger partial charge in [-0.25, -0.2) is 10.4 Å². The van der Waals surface area contributed by atoms with Crippen LogP contribution in [0.4, 0.5) is 0 Å². The summed E-state index contributed by atoms with van der Waals surface area (Å²) in [6.07, 6.45) is 3.96. The van der Waals surface area contributed by atoms with E-state index in [1.165, 1.54) is 36.0 Å². The summed E-state index contributed by atoms with van der Waals surface area (Å²) in [4.78, 5) is 0. The third kappa shape index (κ3) is 3.37. The second-order valence-corrected chi connectivity index (χ2v) is 6.23. The van der Waals surface area contributed by atoms with Crippen molar-refractivity contribution in [2.75, 3.05) is 0 Å². The van der Waals surface area contributed by atoms with E-state index in [4.69, 9.17) is 0 Å². The fourth-order valence-electron chi connectivity index (χ4n) is 3.01. The van der Waals surface area contributed by atoms with Crippen molar-refractivity contribution in [1.82, 2.24) is 10.4 Å². The van der Waals surface area contributed by atoms with E-state index >= 15 is 0 Å². The lowest BCUT2D eigenvalue weighted by Gasteiger charge is -2.41. The fourth-order valence-corrected chi connectivity index (χ4v) is 3.01. The number of piperidine rings is 1. The maximum atomic E-state index is 3.71. The first-order valence-electron chi connectivity index (χ1n) is 7.60. The third-order valence-electron chi connectivity index (χ3n) is 4.57. The molecule has 0 spiro atoms. The van der Waals surface area contributed by atoms with Crippen molar-refractivity contribution in [3.8, 4) is 0 Å². The first kappa shape index (κ1) is 14.5. The average molecular weight is 260 g/mol. The Hall–Kier alpha value is -0.860. The highest BCUT2D eigenvalue weighted by molar-refractivity contribution is 5.31. The van der Waals surface area contributed by atoms with Gasteiger partial charge in [-0.1, -0.05) is 24.6 Å². The molecule has 0 bridgehead atoms. The number of aryl methyl sites for hydroxylation is 2. The van der Waals surface area contributed by atoms with E-state index in [0.717, 1.165) is 0 Å². The molecule has 1 aliphatic heterocycles. The molecule has 1 aliphatic rings. The Morgan fingerprint density at radius 2 is 1.74 bits per heavy atom. The maximum absolute atomic E-state index is 3.71. The highest BCUT2D eigenvalue weighted by Gasteiger charge is 2.25. The summed E-state index contributed by atoms with van der Waals surface area (Å²) < 4.78 is 0. The molecule has 2 heteroatoms. The Balaban J connectivity index is 2.07. The lowest BCUT2D eigenvalue weighted by molar-refractivity contribution is 0.0320. The van der Waals surface area contributed by atoms with Crippen molar-refractivity contribution in [1.29, 1.82) is 0 Å². The number of hydrogen-bond acceptors (Lipinski definition) is 2. The molecule has 1 saturated heterocycles. The molecule has 1 heterocycles. The van der Waals surface area contributed by atoms with Crippen molar-refractivity contribution < 1.29 is 0 Å². The summed E-state index contributed by atoms with van der Waals surface area (Å²) in [6.45, 7) is 11.3. The summed E-state index contributed by atoms with van der Waals surface area (Å²) in [5.41, 5.74) is 7.85. The van der Waals surface area contributed by atoms with E-state index in [2.05, 4.69) is 63.3 Å². The fraction of sp³-hybridized carbons (Fsp3) is 0.647. The molecule has 19 heavy (non-hydrogen) atoms. The molecule has 1 aromatic rings. The van der Waals surface area contributed by atoms with E-state index < -0.39 is 0 Å². The number of benzene rings is 1. The number of nitrogens with one attached hydrogen (secondary N) is 1. The van der Waals surface area contributed by atoms with Crippen molar-refractivity contribution >= 4 is 0 Å². The molecule has 3 atom stereocenters. The topological polar surface area (TPSA) is 15.3 Å². The van der Waals surface area contributed by atoms with Crippen LogP contribution in [0.5, 0.6) is 0 Å². The summed E-state index contributed by atoms with van der Waals surface area (Å²) in [5.74, 6) is 0. The van der Waals surface area contributed by atoms with Gasteiger partial charge < -0.3 is 0 Å². The quantitative estimate of drug-likeness (QED) is 0.879. The first-order chi connectivity index (χ1) is 8.99. The van der Waals surface area contributed by atoms with Gasteiger partial charge in [-0.05, 0) is 64.2 Å². The van der Waals surface area contributed by atoms with E-state index in [9.17, 15) is 0 Å². The molecular weight excluding hydrogens is 232 g/mol. The van der Waals surface area contributed by atoms with Crippen LogP contribution in [0.3, 0.4) is 0 Å². The zero-order valence-corrected chi connectivity index (χ0v) is 13.0. The van der Waals surface area contributed by atoms with E-state index in [-0.39, 0.29) is 0 Å². The van der Waals surface area contributed by atoms with Crippen LogP contribution in [0.15, 0.2) is 18.2 Å². The van der Waals surface area contributed by atoms with E-state index in [0.29, 0.717) is 18.1 Å². The lowest BCUT2D eigenvalue weighted by atomic mass is 9.99. The minimum Gasteiger partial charge on any atom is -0.247 e. The Bertz CT molecular complexity index is 417. The predicted octanol–water partition coefficient (Wildman–Crippen LogP) is 4.13. The molecule has 1 fully saturated rings. The van der Waals surface area contributed by atoms with Gasteiger partial charge in [0.25, 0.3) is 0 Å². The summed E-state index contributed by atoms with van der Waals surface area (Å²) in [5, 5.41) is 2.46. The molecule has 1 N–H and O–H groups in total. The maximum Gasteiger partial charge on any atom is 0.0436 e. The van der Waals surface area contributed by atoms with Gasteiger partial charge >= 0.3 is 0 Å². The molecule has 0 radical (unpaired) electrons. The van der Waals surface area contributed by atoms with Crippen LogP contribution in [-0.4, -0.2) is 17.1 Å². The van der Waals surface area contributed by atoms with Crippen LogP contribution in [0.2, 0.25) is 0 Å². The van der Waals surface area contributed by atoms with Gasteiger partial charge in [0.15, 0.2) is 0 Å². The molecule has 0 amide bonds. The van der Waals surface area contributed by atoms with Crippen molar-refractivity contribution in [2.45, 2.75) is 72.0 Å². The molecule has 106 valence electrons. The SMILES string of the molecule is Cc1ccc(C(C)NN2C(C)CCCC2C)cc1C. The summed E-state index contributed by atoms with van der Waals surface area (Å²) >= 11 is 0. The van der Waals surface area contributed by atoms with Crippen LogP contribution in [0.1, 0.15) is 62.8 Å². The average Bonchev–Trinajstić information content (AvgIpc) is 2.37. The van der Waals surface area contributed by atoms with Crippen LogP contribution < -0.4 is 5.43 Å². The van der Waals surface area contributed by atoms with Crippen molar-refractivity contribution in [2.24, 2.45) is 0 Å². The Morgan fingerprint density at radius 1 is 1.11 bits per heavy atom. The summed E-state index contributed by atoms with van der Waals surface area (Å²) in [7, 11) is 0. The van der Waals surface area contributed by atoms with Crippen LogP contribution in [0.25, 0.3) is 0 Å². The number of nitrogens with zero attached hydrogens (tertiary/aromatic N) is 1. The standard InChI is InChI=1S/C17H28N2/c1-12-9-10-17(11-13(12)2)16(5)18-19-14(3)7-6-8-15(19)4/h9-11,14-16,18H,6-8H2,1-5H3. The van der Waals surface area contributed by atoms with E-state index in [1.54, 1.807) is 0 Å². The Kier molecular flexibility index (Phi) is 4.64. The number of hydrogen-bond donors (Lipinski definition) is 1. The summed E-state index contributed by atoms with van der Waals surface area (Å²) in [6, 6.07) is 8.44. The van der Waals surface area contributed by atoms with Crippen LogP contribution in [0, 0.1) is 13.8 Å². The van der Waals surface area contributed by atoms with Crippen molar-refractivity contribution in [3.63, 3.8) is 0 Å². The van der Waals surface area contributed by atoms with Crippen LogP contribution >= 0.6 is 0 Å². The van der Waals surface area contributed by atoms with Gasteiger partial charge in [-0.15, -0.1) is 0 Å². The highest BCUT2D eigenvalue weighted by atomic mass is 15.5. The third-order valence-corrected chi connectivity index (χ3v) is 4.57. The molecule has 0 saturated carbocycles. The molecule has 2 rings (SSSR count). The molecular formula is C17H28N2. The Labute approximate surface area is 118 Å². The zero-order chi connectivity index (χ0) is 14.0. The van der Waals surface area contributed by atoms with Gasteiger partial charge in [0, 0.05) is 18.1 Å². The molecule has 1 aromatic carbocycles. The van der Waals surface area contributed by atoms with Gasteiger partial charge in [0.05, 0.1) is 0 Å². The predicted molar refractivity (Wildman–Crippen MR) is 82.1 cm³/mol. The second-order valence-electron chi connectivity index (χ2n) is 6.23. The smallest absolute Gasteiger partial charge is 0.0436 e. The second kappa shape index (κ2) is 6.06. The van der Waals surface area contributed by atoms with E-state index in [1.807, 2.05) is 0 Å². The molecule has 0 aromatic heterocycles. The number of hydrazine groups is 1. The normalized spacial score (nSPS) is 26.4. The van der Waals surface area contributed by atoms with Gasteiger partial charge in [-0.3, -0.25) is 0 Å². The van der Waals surface area contributed by atoms with Crippen LogP contribution in [-0.2, 0) is 0 Å². The van der Waals surface area contributed by atoms with Gasteiger partial charge in [0.2, 0.25) is 0 Å². The van der Waals surface area contributed by atoms with Gasteiger partial charge in [-0.2, -0.15) is 0 Å². The number of rotatable bonds is 3. The highest BCUT2D eigenvalue weighted by Crippen LogP contribution is 2.24. The molecule has 0 aliphatic carbocycles. The first-order valence-corrected chi connectivity index (χ1v) is 7.60. The molecule has 3 unspecified atom stereocenters. The van der Waals surface area contributed by atoms with Crippen molar-refractivity contribution in [3.05, 3.63) is 34.9 Å². The minimum atomic E-state index is 0.377. The minimum absolute atomic E-state index is 0.377. The Morgan fingerprint density at radius 3 is 2.32 bits per heavy atom. The molecule has 2 nitrogen and oxygen atoms in total. The largest absolute Gasteiger partial charge is 0.247 e. The lowest BCUT2D eigenvalue weighted by Crippen LogP contribution is -2.52. The van der Waals surface area contributed by atoms with Gasteiger partial charge in [0.1, 0.15) is 0 Å².